The summed E-state index contributed by atoms with van der Waals surface area (Å²) in [5, 5.41) is 12.5. The number of benzene rings is 1. The quantitative estimate of drug-likeness (QED) is 0.672. The molecule has 28 heavy (non-hydrogen) atoms. The summed E-state index contributed by atoms with van der Waals surface area (Å²) >= 11 is 2.97. The van der Waals surface area contributed by atoms with Crippen LogP contribution in [0.15, 0.2) is 22.5 Å². The molecule has 2 aromatic rings. The van der Waals surface area contributed by atoms with E-state index < -0.39 is 0 Å². The smallest absolute Gasteiger partial charge is 0.234 e. The molecule has 0 bridgehead atoms. The maximum atomic E-state index is 12.6. The van der Waals surface area contributed by atoms with Gasteiger partial charge in [0.25, 0.3) is 0 Å². The van der Waals surface area contributed by atoms with Crippen LogP contribution in [0.4, 0.5) is 10.8 Å². The number of nitrogens with zero attached hydrogens (tertiary/aromatic N) is 3. The van der Waals surface area contributed by atoms with Gasteiger partial charge >= 0.3 is 0 Å². The minimum absolute atomic E-state index is 0.0110. The summed E-state index contributed by atoms with van der Waals surface area (Å²) in [6, 6.07) is 6.26. The van der Waals surface area contributed by atoms with Crippen molar-refractivity contribution in [2.75, 3.05) is 42.3 Å². The molecule has 3 rings (SSSR count). The summed E-state index contributed by atoms with van der Waals surface area (Å²) < 4.78 is 6.19. The fourth-order valence-corrected chi connectivity index (χ4v) is 4.83. The Kier molecular flexibility index (Phi) is 7.31. The van der Waals surface area contributed by atoms with Gasteiger partial charge in [0.1, 0.15) is 0 Å². The van der Waals surface area contributed by atoms with Crippen molar-refractivity contribution in [3.05, 3.63) is 29.3 Å². The number of anilines is 2. The van der Waals surface area contributed by atoms with E-state index in [2.05, 4.69) is 66.3 Å². The highest BCUT2D eigenvalue weighted by molar-refractivity contribution is 8.01. The average molecular weight is 421 g/mol. The van der Waals surface area contributed by atoms with Crippen LogP contribution in [-0.4, -0.2) is 48.2 Å². The highest BCUT2D eigenvalue weighted by Gasteiger charge is 2.18. The third-order valence-corrected chi connectivity index (χ3v) is 6.76. The molecular weight excluding hydrogens is 392 g/mol. The first-order chi connectivity index (χ1) is 13.5. The molecule has 1 aliphatic heterocycles. The molecule has 0 atom stereocenters. The maximum absolute atomic E-state index is 12.6. The van der Waals surface area contributed by atoms with E-state index in [1.54, 1.807) is 0 Å². The summed E-state index contributed by atoms with van der Waals surface area (Å²) in [6.45, 7) is 11.7. The monoisotopic (exact) mass is 420 g/mol. The number of para-hydroxylation sites is 1. The lowest BCUT2D eigenvalue weighted by molar-refractivity contribution is -0.113. The molecule has 1 amide bonds. The second kappa shape index (κ2) is 9.71. The van der Waals surface area contributed by atoms with Crippen molar-refractivity contribution in [1.29, 1.82) is 0 Å². The van der Waals surface area contributed by atoms with Gasteiger partial charge in [0.05, 0.1) is 19.0 Å². The van der Waals surface area contributed by atoms with Crippen molar-refractivity contribution in [2.45, 2.75) is 43.9 Å². The summed E-state index contributed by atoms with van der Waals surface area (Å²) in [7, 11) is 0. The van der Waals surface area contributed by atoms with E-state index in [0.717, 1.165) is 41.5 Å². The van der Waals surface area contributed by atoms with Gasteiger partial charge in [-0.3, -0.25) is 4.79 Å². The Morgan fingerprint density at radius 1 is 1.18 bits per heavy atom. The molecule has 0 saturated carbocycles. The lowest BCUT2D eigenvalue weighted by Crippen LogP contribution is -2.36. The molecule has 1 aromatic carbocycles. The van der Waals surface area contributed by atoms with E-state index in [1.165, 1.54) is 34.2 Å². The molecule has 1 saturated heterocycles. The number of hydrogen-bond acceptors (Lipinski definition) is 7. The van der Waals surface area contributed by atoms with Crippen LogP contribution >= 0.6 is 23.1 Å². The highest BCUT2D eigenvalue weighted by atomic mass is 32.2. The van der Waals surface area contributed by atoms with E-state index >= 15 is 0 Å². The fraction of sp³-hybridized carbons (Fsp3) is 0.550. The van der Waals surface area contributed by atoms with Gasteiger partial charge in [0, 0.05) is 18.8 Å². The number of nitrogens with one attached hydrogen (secondary N) is 1. The van der Waals surface area contributed by atoms with Gasteiger partial charge in [0.2, 0.25) is 11.0 Å². The summed E-state index contributed by atoms with van der Waals surface area (Å²) in [5.41, 5.74) is 3.31. The molecule has 1 fully saturated rings. The molecule has 1 aromatic heterocycles. The molecule has 6 nitrogen and oxygen atoms in total. The number of amides is 1. The number of hydrogen-bond donors (Lipinski definition) is 1. The summed E-state index contributed by atoms with van der Waals surface area (Å²) in [4.78, 5) is 14.8. The Bertz CT molecular complexity index is 775. The number of carbonyl (C=O) groups is 1. The maximum Gasteiger partial charge on any atom is 0.234 e. The van der Waals surface area contributed by atoms with Crippen molar-refractivity contribution in [1.82, 2.24) is 10.2 Å². The number of rotatable bonds is 7. The molecule has 2 heterocycles. The zero-order valence-corrected chi connectivity index (χ0v) is 18.5. The van der Waals surface area contributed by atoms with Crippen LogP contribution in [-0.2, 0) is 9.53 Å². The third kappa shape index (κ3) is 5.24. The predicted octanol–water partition coefficient (Wildman–Crippen LogP) is 4.35. The van der Waals surface area contributed by atoms with Crippen molar-refractivity contribution in [3.8, 4) is 0 Å². The van der Waals surface area contributed by atoms with Gasteiger partial charge < -0.3 is 15.0 Å². The molecule has 1 N–H and O–H groups in total. The first-order valence-electron chi connectivity index (χ1n) is 9.67. The lowest BCUT2D eigenvalue weighted by Gasteiger charge is -2.25. The van der Waals surface area contributed by atoms with Gasteiger partial charge in [-0.2, -0.15) is 0 Å². The number of ether oxygens (including phenoxy) is 1. The summed E-state index contributed by atoms with van der Waals surface area (Å²) in [6.07, 6.45) is 0. The second-order valence-corrected chi connectivity index (χ2v) is 9.59. The van der Waals surface area contributed by atoms with Crippen LogP contribution < -0.4 is 10.2 Å². The molecule has 0 unspecified atom stereocenters. The minimum atomic E-state index is -0.0110. The Hall–Kier alpha value is -1.64. The van der Waals surface area contributed by atoms with Gasteiger partial charge in [-0.25, -0.2) is 0 Å². The van der Waals surface area contributed by atoms with E-state index in [1.807, 2.05) is 0 Å². The van der Waals surface area contributed by atoms with Gasteiger partial charge in [0.15, 0.2) is 4.34 Å². The van der Waals surface area contributed by atoms with E-state index in [9.17, 15) is 4.79 Å². The number of thioether (sulfide) groups is 1. The number of morpholine rings is 1. The molecular formula is C20H28N4O2S2. The van der Waals surface area contributed by atoms with Gasteiger partial charge in [-0.15, -0.1) is 10.2 Å². The number of carbonyl (C=O) groups excluding carboxylic acids is 1. The van der Waals surface area contributed by atoms with Crippen LogP contribution in [0, 0.1) is 0 Å². The third-order valence-electron chi connectivity index (χ3n) is 4.64. The van der Waals surface area contributed by atoms with Gasteiger partial charge in [-0.05, 0) is 23.0 Å². The first kappa shape index (κ1) is 21.1. The van der Waals surface area contributed by atoms with Crippen LogP contribution in [0.1, 0.15) is 50.7 Å². The Balaban J connectivity index is 1.63. The summed E-state index contributed by atoms with van der Waals surface area (Å²) in [5.74, 6) is 1.01. The SMILES string of the molecule is CC(C)c1cccc(C(C)C)c1NC(=O)CSc1nnc(N2CCOCC2)s1. The number of aromatic nitrogens is 2. The highest BCUT2D eigenvalue weighted by Crippen LogP contribution is 2.33. The molecule has 0 radical (unpaired) electrons. The zero-order chi connectivity index (χ0) is 20.1. The predicted molar refractivity (Wildman–Crippen MR) is 117 cm³/mol. The van der Waals surface area contributed by atoms with Crippen molar-refractivity contribution < 1.29 is 9.53 Å². The van der Waals surface area contributed by atoms with Crippen molar-refractivity contribution >= 4 is 39.8 Å². The Morgan fingerprint density at radius 3 is 2.43 bits per heavy atom. The van der Waals surface area contributed by atoms with E-state index in [4.69, 9.17) is 4.74 Å². The Morgan fingerprint density at radius 2 is 1.82 bits per heavy atom. The van der Waals surface area contributed by atoms with Crippen LogP contribution in [0.2, 0.25) is 0 Å². The molecule has 152 valence electrons. The van der Waals surface area contributed by atoms with E-state index in [-0.39, 0.29) is 5.91 Å². The fourth-order valence-electron chi connectivity index (χ4n) is 3.14. The van der Waals surface area contributed by atoms with Gasteiger partial charge in [-0.1, -0.05) is 69.0 Å². The van der Waals surface area contributed by atoms with Crippen LogP contribution in [0.3, 0.4) is 0 Å². The van der Waals surface area contributed by atoms with Crippen LogP contribution in [0.25, 0.3) is 0 Å². The van der Waals surface area contributed by atoms with Crippen molar-refractivity contribution in [2.24, 2.45) is 0 Å². The second-order valence-electron chi connectivity index (χ2n) is 7.41. The molecule has 0 spiro atoms. The van der Waals surface area contributed by atoms with E-state index in [0.29, 0.717) is 17.6 Å². The first-order valence-corrected chi connectivity index (χ1v) is 11.5. The zero-order valence-electron chi connectivity index (χ0n) is 16.9. The van der Waals surface area contributed by atoms with Crippen LogP contribution in [0.5, 0.6) is 0 Å². The lowest BCUT2D eigenvalue weighted by atomic mass is 9.92. The largest absolute Gasteiger partial charge is 0.378 e. The molecule has 0 aliphatic carbocycles. The molecule has 1 aliphatic rings. The molecule has 8 heteroatoms. The minimum Gasteiger partial charge on any atom is -0.378 e. The van der Waals surface area contributed by atoms with Crippen molar-refractivity contribution in [3.63, 3.8) is 0 Å². The standard InChI is InChI=1S/C20H28N4O2S2/c1-13(2)15-6-5-7-16(14(3)4)18(15)21-17(25)12-27-20-23-22-19(28-20)24-8-10-26-11-9-24/h5-7,13-14H,8-12H2,1-4H3,(H,21,25). The normalized spacial score (nSPS) is 14.7. The topological polar surface area (TPSA) is 67.4 Å². The Labute approximate surface area is 175 Å². The average Bonchev–Trinajstić information content (AvgIpc) is 3.16.